The summed E-state index contributed by atoms with van der Waals surface area (Å²) >= 11 is 0. The molecule has 0 amide bonds. The van der Waals surface area contributed by atoms with Crippen LogP contribution in [0.25, 0.3) is 0 Å². The van der Waals surface area contributed by atoms with Crippen molar-refractivity contribution < 1.29 is 0 Å². The van der Waals surface area contributed by atoms with Gasteiger partial charge >= 0.3 is 0 Å². The summed E-state index contributed by atoms with van der Waals surface area (Å²) in [7, 11) is 0. The summed E-state index contributed by atoms with van der Waals surface area (Å²) in [5, 5.41) is 3.64. The van der Waals surface area contributed by atoms with E-state index < -0.39 is 0 Å². The van der Waals surface area contributed by atoms with Crippen molar-refractivity contribution in [1.29, 1.82) is 0 Å². The van der Waals surface area contributed by atoms with Crippen molar-refractivity contribution in [2.24, 2.45) is 11.8 Å². The van der Waals surface area contributed by atoms with Gasteiger partial charge in [-0.25, -0.2) is 0 Å². The van der Waals surface area contributed by atoms with E-state index in [9.17, 15) is 0 Å². The molecule has 1 aliphatic carbocycles. The van der Waals surface area contributed by atoms with E-state index in [0.29, 0.717) is 0 Å². The highest BCUT2D eigenvalue weighted by molar-refractivity contribution is 5.31. The first-order valence-corrected chi connectivity index (χ1v) is 7.41. The molecule has 18 heavy (non-hydrogen) atoms. The summed E-state index contributed by atoms with van der Waals surface area (Å²) < 4.78 is 0. The van der Waals surface area contributed by atoms with E-state index in [-0.39, 0.29) is 0 Å². The highest BCUT2D eigenvalue weighted by Gasteiger charge is 2.32. The molecule has 0 aliphatic heterocycles. The second-order valence-electron chi connectivity index (χ2n) is 5.99. The van der Waals surface area contributed by atoms with Gasteiger partial charge in [0.2, 0.25) is 0 Å². The third-order valence-electron chi connectivity index (χ3n) is 4.68. The number of hydrogen-bond acceptors (Lipinski definition) is 1. The predicted molar refractivity (Wildman–Crippen MR) is 79.0 cm³/mol. The van der Waals surface area contributed by atoms with Crippen molar-refractivity contribution in [1.82, 2.24) is 5.32 Å². The molecule has 0 saturated heterocycles. The summed E-state index contributed by atoms with van der Waals surface area (Å²) in [6.45, 7) is 10.2. The molecule has 1 aromatic rings. The highest BCUT2D eigenvalue weighted by Crippen LogP contribution is 2.34. The van der Waals surface area contributed by atoms with Crippen LogP contribution in [0.4, 0.5) is 0 Å². The van der Waals surface area contributed by atoms with Gasteiger partial charge in [-0.3, -0.25) is 0 Å². The minimum atomic E-state index is 0.741. The lowest BCUT2D eigenvalue weighted by Gasteiger charge is -2.22. The van der Waals surface area contributed by atoms with Crippen LogP contribution in [0.5, 0.6) is 0 Å². The summed E-state index contributed by atoms with van der Waals surface area (Å²) in [6.07, 6.45) is 3.99. The van der Waals surface area contributed by atoms with Gasteiger partial charge in [0.15, 0.2) is 0 Å². The average Bonchev–Trinajstić information content (AvgIpc) is 2.67. The van der Waals surface area contributed by atoms with Crippen molar-refractivity contribution in [2.75, 3.05) is 6.54 Å². The topological polar surface area (TPSA) is 12.0 Å². The Kier molecular flexibility index (Phi) is 4.45. The van der Waals surface area contributed by atoms with Crippen LogP contribution < -0.4 is 5.32 Å². The fourth-order valence-electron chi connectivity index (χ4n) is 3.39. The van der Waals surface area contributed by atoms with Crippen LogP contribution in [0.2, 0.25) is 0 Å². The van der Waals surface area contributed by atoms with Crippen LogP contribution in [-0.2, 0) is 6.42 Å². The van der Waals surface area contributed by atoms with Crippen molar-refractivity contribution in [3.8, 4) is 0 Å². The standard InChI is InChI=1S/C17H27N/c1-5-18-17-9-8-15(14(17)4)11-16-10-12(2)6-7-13(16)3/h6-7,10,14-15,17-18H,5,8-9,11H2,1-4H3. The molecular formula is C17H27N. The molecule has 1 N–H and O–H groups in total. The van der Waals surface area contributed by atoms with E-state index in [1.807, 2.05) is 0 Å². The van der Waals surface area contributed by atoms with Gasteiger partial charge in [0, 0.05) is 6.04 Å². The largest absolute Gasteiger partial charge is 0.314 e. The van der Waals surface area contributed by atoms with Crippen LogP contribution in [0.3, 0.4) is 0 Å². The molecule has 2 rings (SSSR count). The zero-order valence-electron chi connectivity index (χ0n) is 12.3. The summed E-state index contributed by atoms with van der Waals surface area (Å²) in [6, 6.07) is 7.61. The smallest absolute Gasteiger partial charge is 0.00954 e. The van der Waals surface area contributed by atoms with E-state index in [4.69, 9.17) is 0 Å². The maximum absolute atomic E-state index is 3.64. The molecule has 3 atom stereocenters. The first-order valence-electron chi connectivity index (χ1n) is 7.41. The molecule has 1 fully saturated rings. The van der Waals surface area contributed by atoms with Gasteiger partial charge in [0.05, 0.1) is 0 Å². The number of rotatable bonds is 4. The van der Waals surface area contributed by atoms with E-state index in [0.717, 1.165) is 24.4 Å². The van der Waals surface area contributed by atoms with Gasteiger partial charge in [-0.1, -0.05) is 37.6 Å². The van der Waals surface area contributed by atoms with Crippen molar-refractivity contribution >= 4 is 0 Å². The maximum Gasteiger partial charge on any atom is 0.00954 e. The molecule has 0 aromatic heterocycles. The van der Waals surface area contributed by atoms with Gasteiger partial charge in [-0.15, -0.1) is 0 Å². The Bertz CT molecular complexity index is 397. The summed E-state index contributed by atoms with van der Waals surface area (Å²) in [5.74, 6) is 1.67. The Hall–Kier alpha value is -0.820. The Morgan fingerprint density at radius 3 is 2.72 bits per heavy atom. The minimum Gasteiger partial charge on any atom is -0.314 e. The lowest BCUT2D eigenvalue weighted by Crippen LogP contribution is -2.32. The Balaban J connectivity index is 2.04. The van der Waals surface area contributed by atoms with Gasteiger partial charge in [0.1, 0.15) is 0 Å². The molecule has 0 radical (unpaired) electrons. The molecule has 0 spiro atoms. The van der Waals surface area contributed by atoms with Crippen LogP contribution in [-0.4, -0.2) is 12.6 Å². The second-order valence-corrected chi connectivity index (χ2v) is 5.99. The average molecular weight is 245 g/mol. The van der Waals surface area contributed by atoms with Crippen molar-refractivity contribution in [2.45, 2.75) is 53.0 Å². The molecule has 1 aliphatic rings. The maximum atomic E-state index is 3.64. The number of nitrogens with one attached hydrogen (secondary N) is 1. The molecule has 1 aromatic carbocycles. The third-order valence-corrected chi connectivity index (χ3v) is 4.68. The lowest BCUT2D eigenvalue weighted by atomic mass is 9.87. The fraction of sp³-hybridized carbons (Fsp3) is 0.647. The van der Waals surface area contributed by atoms with Crippen LogP contribution >= 0.6 is 0 Å². The number of benzene rings is 1. The second kappa shape index (κ2) is 5.88. The molecule has 1 saturated carbocycles. The SMILES string of the molecule is CCNC1CCC(Cc2cc(C)ccc2C)C1C. The first-order chi connectivity index (χ1) is 8.61. The summed E-state index contributed by atoms with van der Waals surface area (Å²) in [5.41, 5.74) is 4.41. The van der Waals surface area contributed by atoms with Crippen LogP contribution in [0, 0.1) is 25.7 Å². The molecule has 1 heteroatoms. The molecule has 100 valence electrons. The van der Waals surface area contributed by atoms with Gasteiger partial charge in [0.25, 0.3) is 0 Å². The zero-order valence-corrected chi connectivity index (χ0v) is 12.3. The minimum absolute atomic E-state index is 0.741. The quantitative estimate of drug-likeness (QED) is 0.849. The molecular weight excluding hydrogens is 218 g/mol. The fourth-order valence-corrected chi connectivity index (χ4v) is 3.39. The third kappa shape index (κ3) is 2.95. The van der Waals surface area contributed by atoms with E-state index in [1.54, 1.807) is 5.56 Å². The Morgan fingerprint density at radius 1 is 1.22 bits per heavy atom. The van der Waals surface area contributed by atoms with Crippen molar-refractivity contribution in [3.63, 3.8) is 0 Å². The molecule has 1 nitrogen and oxygen atoms in total. The van der Waals surface area contributed by atoms with E-state index >= 15 is 0 Å². The predicted octanol–water partition coefficient (Wildman–Crippen LogP) is 3.87. The van der Waals surface area contributed by atoms with Crippen LogP contribution in [0.15, 0.2) is 18.2 Å². The monoisotopic (exact) mass is 245 g/mol. The van der Waals surface area contributed by atoms with Gasteiger partial charge in [-0.2, -0.15) is 0 Å². The lowest BCUT2D eigenvalue weighted by molar-refractivity contribution is 0.354. The first kappa shape index (κ1) is 13.6. The van der Waals surface area contributed by atoms with Crippen LogP contribution in [0.1, 0.15) is 43.4 Å². The number of hydrogen-bond donors (Lipinski definition) is 1. The zero-order chi connectivity index (χ0) is 13.1. The molecule has 3 unspecified atom stereocenters. The van der Waals surface area contributed by atoms with E-state index in [1.165, 1.54) is 30.4 Å². The molecule has 0 heterocycles. The highest BCUT2D eigenvalue weighted by atomic mass is 14.9. The summed E-state index contributed by atoms with van der Waals surface area (Å²) in [4.78, 5) is 0. The normalized spacial score (nSPS) is 27.7. The molecule has 0 bridgehead atoms. The van der Waals surface area contributed by atoms with Gasteiger partial charge in [-0.05, 0) is 62.6 Å². The van der Waals surface area contributed by atoms with E-state index in [2.05, 4.69) is 51.2 Å². The van der Waals surface area contributed by atoms with Crippen molar-refractivity contribution in [3.05, 3.63) is 34.9 Å². The van der Waals surface area contributed by atoms with Gasteiger partial charge < -0.3 is 5.32 Å². The Morgan fingerprint density at radius 2 is 2.00 bits per heavy atom. The number of aryl methyl sites for hydroxylation is 2. The Labute approximate surface area is 112 Å².